The Hall–Kier alpha value is -2.10. The molecule has 0 unspecified atom stereocenters. The average Bonchev–Trinajstić information content (AvgIpc) is 2.91. The third kappa shape index (κ3) is 3.94. The van der Waals surface area contributed by atoms with E-state index in [4.69, 9.17) is 16.3 Å². The zero-order chi connectivity index (χ0) is 18.8. The molecule has 1 aromatic heterocycles. The summed E-state index contributed by atoms with van der Waals surface area (Å²) in [5.74, 6) is -1.28. The number of nitrogens with zero attached hydrogens (tertiary/aromatic N) is 1. The molecule has 0 aliphatic heterocycles. The summed E-state index contributed by atoms with van der Waals surface area (Å²) in [5.41, 5.74) is -1.03. The number of benzene rings is 1. The van der Waals surface area contributed by atoms with Crippen molar-refractivity contribution < 1.29 is 14.3 Å². The van der Waals surface area contributed by atoms with Crippen LogP contribution in [0.15, 0.2) is 24.3 Å². The molecule has 0 bridgehead atoms. The summed E-state index contributed by atoms with van der Waals surface area (Å²) in [6.45, 7) is 6.76. The number of hydrogen-bond donors (Lipinski definition) is 1. The summed E-state index contributed by atoms with van der Waals surface area (Å²) < 4.78 is 6.11. The first-order chi connectivity index (χ1) is 11.7. The minimum atomic E-state index is -1.04. The molecule has 1 amide bonds. The molecule has 0 aliphatic rings. The summed E-state index contributed by atoms with van der Waals surface area (Å²) in [4.78, 5) is 24.9. The van der Waals surface area contributed by atoms with Gasteiger partial charge in [-0.2, -0.15) is 5.26 Å². The average molecular weight is 379 g/mol. The van der Waals surface area contributed by atoms with Gasteiger partial charge in [-0.25, -0.2) is 4.79 Å². The largest absolute Gasteiger partial charge is 0.448 e. The Labute approximate surface area is 155 Å². The predicted molar refractivity (Wildman–Crippen MR) is 98.7 cm³/mol. The number of amides is 1. The second-order valence-electron chi connectivity index (χ2n) is 6.25. The molecular weight excluding hydrogens is 360 g/mol. The van der Waals surface area contributed by atoms with Gasteiger partial charge < -0.3 is 10.1 Å². The van der Waals surface area contributed by atoms with Gasteiger partial charge in [-0.05, 0) is 25.8 Å². The number of carbonyl (C=O) groups is 2. The van der Waals surface area contributed by atoms with Crippen molar-refractivity contribution in [3.8, 4) is 6.07 Å². The van der Waals surface area contributed by atoms with E-state index in [1.54, 1.807) is 6.92 Å². The number of ether oxygens (including phenoxy) is 1. The van der Waals surface area contributed by atoms with Crippen molar-refractivity contribution in [3.63, 3.8) is 0 Å². The van der Waals surface area contributed by atoms with Gasteiger partial charge in [0.25, 0.3) is 5.91 Å². The number of halogens is 1. The first-order valence-electron chi connectivity index (χ1n) is 7.81. The zero-order valence-corrected chi connectivity index (χ0v) is 16.0. The van der Waals surface area contributed by atoms with Gasteiger partial charge in [0.15, 0.2) is 6.10 Å². The SMILES string of the molecule is CC(C)[C@](C)(C#N)NC(=O)[C@H](C)OC(=O)c1sc2ccccc2c1Cl. The van der Waals surface area contributed by atoms with Crippen molar-refractivity contribution in [2.75, 3.05) is 0 Å². The number of nitriles is 1. The van der Waals surface area contributed by atoms with Gasteiger partial charge in [0.2, 0.25) is 0 Å². The van der Waals surface area contributed by atoms with Gasteiger partial charge in [0.05, 0.1) is 11.1 Å². The predicted octanol–water partition coefficient (Wildman–Crippen LogP) is 4.15. The molecule has 25 heavy (non-hydrogen) atoms. The number of nitrogens with one attached hydrogen (secondary N) is 1. The molecule has 1 aromatic carbocycles. The van der Waals surface area contributed by atoms with E-state index in [-0.39, 0.29) is 10.8 Å². The lowest BCUT2D eigenvalue weighted by molar-refractivity contribution is -0.130. The first kappa shape index (κ1) is 19.2. The number of hydrogen-bond acceptors (Lipinski definition) is 5. The molecule has 0 aliphatic carbocycles. The standard InChI is InChI=1S/C18H19ClN2O3S/c1-10(2)18(4,9-20)21-16(22)11(3)24-17(23)15-14(19)12-7-5-6-8-13(12)25-15/h5-8,10-11H,1-4H3,(H,21,22)/t11-,18-/m0/s1. The van der Waals surface area contributed by atoms with Crippen LogP contribution in [0.25, 0.3) is 10.1 Å². The van der Waals surface area contributed by atoms with Crippen LogP contribution in [0, 0.1) is 17.2 Å². The van der Waals surface area contributed by atoms with Crippen LogP contribution in [0.2, 0.25) is 5.02 Å². The van der Waals surface area contributed by atoms with Crippen LogP contribution in [0.1, 0.15) is 37.4 Å². The van der Waals surface area contributed by atoms with E-state index in [1.165, 1.54) is 18.3 Å². The highest BCUT2D eigenvalue weighted by molar-refractivity contribution is 7.21. The molecule has 1 heterocycles. The first-order valence-corrected chi connectivity index (χ1v) is 9.00. The van der Waals surface area contributed by atoms with Crippen molar-refractivity contribution >= 4 is 44.9 Å². The smallest absolute Gasteiger partial charge is 0.350 e. The van der Waals surface area contributed by atoms with E-state index in [9.17, 15) is 14.9 Å². The lowest BCUT2D eigenvalue weighted by atomic mass is 9.90. The van der Waals surface area contributed by atoms with Crippen LogP contribution >= 0.6 is 22.9 Å². The topological polar surface area (TPSA) is 79.2 Å². The molecule has 2 atom stereocenters. The molecule has 0 saturated heterocycles. The zero-order valence-electron chi connectivity index (χ0n) is 14.4. The summed E-state index contributed by atoms with van der Waals surface area (Å²) in [6.07, 6.45) is -1.04. The normalized spacial score (nSPS) is 14.6. The Morgan fingerprint density at radius 2 is 1.96 bits per heavy atom. The maximum absolute atomic E-state index is 12.4. The number of esters is 1. The molecule has 0 radical (unpaired) electrons. The summed E-state index contributed by atoms with van der Waals surface area (Å²) in [7, 11) is 0. The van der Waals surface area contributed by atoms with Crippen LogP contribution in [0.3, 0.4) is 0 Å². The maximum atomic E-state index is 12.4. The lowest BCUT2D eigenvalue weighted by Crippen LogP contribution is -2.52. The molecule has 132 valence electrons. The fourth-order valence-corrected chi connectivity index (χ4v) is 3.46. The summed E-state index contributed by atoms with van der Waals surface area (Å²) >= 11 is 7.47. The molecule has 2 aromatic rings. The third-order valence-corrected chi connectivity index (χ3v) is 5.80. The van der Waals surface area contributed by atoms with Crippen LogP contribution in [0.5, 0.6) is 0 Å². The van der Waals surface area contributed by atoms with Crippen molar-refractivity contribution in [2.24, 2.45) is 5.92 Å². The van der Waals surface area contributed by atoms with E-state index in [1.807, 2.05) is 38.1 Å². The molecule has 0 saturated carbocycles. The van der Waals surface area contributed by atoms with Crippen molar-refractivity contribution in [1.29, 1.82) is 5.26 Å². The van der Waals surface area contributed by atoms with Crippen LogP contribution in [0.4, 0.5) is 0 Å². The fraction of sp³-hybridized carbons (Fsp3) is 0.389. The summed E-state index contributed by atoms with van der Waals surface area (Å²) in [5, 5.41) is 13.0. The maximum Gasteiger partial charge on any atom is 0.350 e. The van der Waals surface area contributed by atoms with E-state index >= 15 is 0 Å². The van der Waals surface area contributed by atoms with Crippen molar-refractivity contribution in [2.45, 2.75) is 39.3 Å². The van der Waals surface area contributed by atoms with Gasteiger partial charge in [-0.3, -0.25) is 4.79 Å². The molecule has 2 rings (SSSR count). The van der Waals surface area contributed by atoms with Crippen molar-refractivity contribution in [3.05, 3.63) is 34.2 Å². The molecule has 0 spiro atoms. The van der Waals surface area contributed by atoms with Gasteiger partial charge in [0.1, 0.15) is 10.4 Å². The van der Waals surface area contributed by atoms with Crippen molar-refractivity contribution in [1.82, 2.24) is 5.32 Å². The number of fused-ring (bicyclic) bond motifs is 1. The molecule has 5 nitrogen and oxygen atoms in total. The number of thiophene rings is 1. The van der Waals surface area contributed by atoms with E-state index < -0.39 is 23.5 Å². The quantitative estimate of drug-likeness (QED) is 0.792. The lowest BCUT2D eigenvalue weighted by Gasteiger charge is -2.28. The Bertz CT molecular complexity index is 856. The minimum Gasteiger partial charge on any atom is -0.448 e. The molecule has 0 fully saturated rings. The third-order valence-electron chi connectivity index (χ3n) is 4.14. The number of carbonyl (C=O) groups excluding carboxylic acids is 2. The second kappa shape index (κ2) is 7.42. The highest BCUT2D eigenvalue weighted by Gasteiger charge is 2.33. The monoisotopic (exact) mass is 378 g/mol. The highest BCUT2D eigenvalue weighted by atomic mass is 35.5. The van der Waals surface area contributed by atoms with E-state index in [0.717, 1.165) is 10.1 Å². The van der Waals surface area contributed by atoms with Gasteiger partial charge in [-0.15, -0.1) is 11.3 Å². The second-order valence-corrected chi connectivity index (χ2v) is 7.68. The van der Waals surface area contributed by atoms with Crippen LogP contribution in [-0.4, -0.2) is 23.5 Å². The number of rotatable bonds is 5. The van der Waals surface area contributed by atoms with Gasteiger partial charge >= 0.3 is 5.97 Å². The Morgan fingerprint density at radius 3 is 2.52 bits per heavy atom. The fourth-order valence-electron chi connectivity index (χ4n) is 2.07. The Morgan fingerprint density at radius 1 is 1.32 bits per heavy atom. The van der Waals surface area contributed by atoms with Crippen LogP contribution in [-0.2, 0) is 9.53 Å². The Kier molecular flexibility index (Phi) is 5.71. The molecule has 7 heteroatoms. The van der Waals surface area contributed by atoms with Crippen LogP contribution < -0.4 is 5.32 Å². The Balaban J connectivity index is 2.13. The summed E-state index contributed by atoms with van der Waals surface area (Å²) in [6, 6.07) is 9.46. The molecule has 1 N–H and O–H groups in total. The van der Waals surface area contributed by atoms with Gasteiger partial charge in [-0.1, -0.05) is 43.6 Å². The van der Waals surface area contributed by atoms with E-state index in [2.05, 4.69) is 11.4 Å². The van der Waals surface area contributed by atoms with Gasteiger partial charge in [0, 0.05) is 10.1 Å². The molecular formula is C18H19ClN2O3S. The minimum absolute atomic E-state index is 0.0959. The highest BCUT2D eigenvalue weighted by Crippen LogP contribution is 2.35. The van der Waals surface area contributed by atoms with E-state index in [0.29, 0.717) is 5.02 Å².